The second kappa shape index (κ2) is 8.99. The van der Waals surface area contributed by atoms with Crippen LogP contribution in [0.25, 0.3) is 11.3 Å². The number of carbonyl (C=O) groups is 2. The number of nitrogens with one attached hydrogen (secondary N) is 3. The topological polar surface area (TPSA) is 133 Å². The third-order valence-electron chi connectivity index (χ3n) is 4.48. The zero-order valence-corrected chi connectivity index (χ0v) is 16.9. The van der Waals surface area contributed by atoms with Crippen molar-refractivity contribution in [2.24, 2.45) is 5.92 Å². The average molecular weight is 429 g/mol. The lowest BCUT2D eigenvalue weighted by molar-refractivity contribution is -0.123. The van der Waals surface area contributed by atoms with Crippen LogP contribution < -0.4 is 16.0 Å². The van der Waals surface area contributed by atoms with Gasteiger partial charge >= 0.3 is 0 Å². The first kappa shape index (κ1) is 22.0. The summed E-state index contributed by atoms with van der Waals surface area (Å²) in [6.45, 7) is 1.39. The summed E-state index contributed by atoms with van der Waals surface area (Å²) >= 11 is 0. The van der Waals surface area contributed by atoms with Gasteiger partial charge < -0.3 is 16.0 Å². The number of halogens is 2. The lowest BCUT2D eigenvalue weighted by atomic mass is 10.1. The van der Waals surface area contributed by atoms with Crippen molar-refractivity contribution in [2.45, 2.75) is 38.7 Å². The molecular weight excluding hydrogens is 408 g/mol. The van der Waals surface area contributed by atoms with Gasteiger partial charge in [0.15, 0.2) is 11.5 Å². The van der Waals surface area contributed by atoms with Gasteiger partial charge in [0.2, 0.25) is 11.8 Å². The van der Waals surface area contributed by atoms with E-state index < -0.39 is 24.4 Å². The number of anilines is 2. The zero-order chi connectivity index (χ0) is 22.6. The van der Waals surface area contributed by atoms with Crippen LogP contribution in [0.3, 0.4) is 0 Å². The van der Waals surface area contributed by atoms with Crippen molar-refractivity contribution in [3.63, 3.8) is 0 Å². The predicted molar refractivity (Wildman–Crippen MR) is 108 cm³/mol. The van der Waals surface area contributed by atoms with Crippen LogP contribution in [0.4, 0.5) is 20.3 Å². The highest BCUT2D eigenvalue weighted by atomic mass is 19.3. The molecule has 0 spiro atoms. The van der Waals surface area contributed by atoms with Gasteiger partial charge in [-0.05, 0) is 25.8 Å². The molecule has 162 valence electrons. The van der Waals surface area contributed by atoms with E-state index in [0.29, 0.717) is 24.0 Å². The Kier molecular flexibility index (Phi) is 6.39. The average Bonchev–Trinajstić information content (AvgIpc) is 3.57. The Hall–Kier alpha value is -3.68. The molecule has 1 unspecified atom stereocenters. The molecule has 2 heterocycles. The lowest BCUT2D eigenvalue weighted by Gasteiger charge is -2.18. The number of nitrogens with zero attached hydrogens (tertiary/aromatic N) is 4. The molecule has 2 aromatic rings. The molecule has 0 bridgehead atoms. The number of hydrogen-bond donors (Lipinski definition) is 3. The molecule has 0 aromatic carbocycles. The summed E-state index contributed by atoms with van der Waals surface area (Å²) < 4.78 is 25.9. The zero-order valence-electron chi connectivity index (χ0n) is 16.9. The molecule has 1 fully saturated rings. The number of rotatable bonds is 8. The molecule has 1 aliphatic carbocycles. The van der Waals surface area contributed by atoms with Crippen molar-refractivity contribution in [1.29, 1.82) is 5.26 Å². The predicted octanol–water partition coefficient (Wildman–Crippen LogP) is 2.33. The normalized spacial score (nSPS) is 14.3. The maximum Gasteiger partial charge on any atom is 0.262 e. The maximum atomic E-state index is 12.9. The Morgan fingerprint density at radius 1 is 1.26 bits per heavy atom. The quantitative estimate of drug-likeness (QED) is 0.587. The minimum Gasteiger partial charge on any atom is -0.372 e. The molecule has 31 heavy (non-hydrogen) atoms. The fraction of sp³-hybridized carbons (Fsp3) is 0.400. The summed E-state index contributed by atoms with van der Waals surface area (Å²) in [4.78, 5) is 36.4. The van der Waals surface area contributed by atoms with Crippen LogP contribution in [0.15, 0.2) is 24.7 Å². The molecule has 1 atom stereocenters. The molecule has 11 heteroatoms. The van der Waals surface area contributed by atoms with Gasteiger partial charge in [-0.2, -0.15) is 5.26 Å². The minimum atomic E-state index is -3.03. The SMILES string of the molecule is CC(Nc1cc(-c2cnc(NC(=O)C3CC3)cn2)cnc1C#N)C(=O)NCC(C)(F)F. The number of alkyl halides is 2. The number of carbonyl (C=O) groups excluding carboxylic acids is 2. The fourth-order valence-corrected chi connectivity index (χ4v) is 2.61. The van der Waals surface area contributed by atoms with E-state index in [-0.39, 0.29) is 23.2 Å². The van der Waals surface area contributed by atoms with Crippen LogP contribution in [-0.4, -0.2) is 45.3 Å². The number of amides is 2. The Morgan fingerprint density at radius 2 is 2.00 bits per heavy atom. The molecule has 3 N–H and O–H groups in total. The van der Waals surface area contributed by atoms with Crippen LogP contribution in [-0.2, 0) is 9.59 Å². The molecule has 1 aliphatic rings. The molecule has 3 rings (SSSR count). The summed E-state index contributed by atoms with van der Waals surface area (Å²) in [7, 11) is 0. The van der Waals surface area contributed by atoms with Crippen LogP contribution in [0.1, 0.15) is 32.4 Å². The van der Waals surface area contributed by atoms with Crippen molar-refractivity contribution >= 4 is 23.3 Å². The van der Waals surface area contributed by atoms with Gasteiger partial charge in [0, 0.05) is 24.6 Å². The molecule has 1 saturated carbocycles. The van der Waals surface area contributed by atoms with Crippen molar-refractivity contribution in [2.75, 3.05) is 17.2 Å². The van der Waals surface area contributed by atoms with Crippen LogP contribution in [0.5, 0.6) is 0 Å². The van der Waals surface area contributed by atoms with Crippen LogP contribution >= 0.6 is 0 Å². The first-order valence-electron chi connectivity index (χ1n) is 9.62. The summed E-state index contributed by atoms with van der Waals surface area (Å²) in [5, 5.41) is 16.9. The Morgan fingerprint density at radius 3 is 2.58 bits per heavy atom. The van der Waals surface area contributed by atoms with E-state index >= 15 is 0 Å². The Labute approximate surface area is 177 Å². The molecule has 2 aromatic heterocycles. The monoisotopic (exact) mass is 429 g/mol. The molecule has 0 radical (unpaired) electrons. The first-order chi connectivity index (χ1) is 14.7. The van der Waals surface area contributed by atoms with Crippen molar-refractivity contribution in [3.8, 4) is 17.3 Å². The van der Waals surface area contributed by atoms with Crippen molar-refractivity contribution in [1.82, 2.24) is 20.3 Å². The number of nitriles is 1. The largest absolute Gasteiger partial charge is 0.372 e. The highest BCUT2D eigenvalue weighted by molar-refractivity contribution is 5.93. The highest BCUT2D eigenvalue weighted by Gasteiger charge is 2.29. The molecule has 9 nitrogen and oxygen atoms in total. The van der Waals surface area contributed by atoms with E-state index in [9.17, 15) is 23.6 Å². The van der Waals surface area contributed by atoms with Gasteiger partial charge in [-0.15, -0.1) is 0 Å². The van der Waals surface area contributed by atoms with Gasteiger partial charge in [-0.25, -0.2) is 18.7 Å². The van der Waals surface area contributed by atoms with Gasteiger partial charge in [0.1, 0.15) is 12.1 Å². The lowest BCUT2D eigenvalue weighted by Crippen LogP contribution is -2.42. The van der Waals surface area contributed by atoms with Crippen molar-refractivity contribution < 1.29 is 18.4 Å². The summed E-state index contributed by atoms with van der Waals surface area (Å²) in [6, 6.07) is 2.59. The third-order valence-corrected chi connectivity index (χ3v) is 4.48. The van der Waals surface area contributed by atoms with E-state index in [4.69, 9.17) is 0 Å². The number of pyridine rings is 1. The highest BCUT2D eigenvalue weighted by Crippen LogP contribution is 2.30. The van der Waals surface area contributed by atoms with E-state index in [0.717, 1.165) is 12.8 Å². The standard InChI is InChI=1S/C20H21F2N7O2/c1-11(18(30)27-10-20(2,21)22)28-14-5-13(7-24-15(14)6-23)16-8-26-17(9-25-16)29-19(31)12-3-4-12/h5,7-9,11-12,28H,3-4,10H2,1-2H3,(H,27,30)(H,26,29,31). The van der Waals surface area contributed by atoms with E-state index in [1.807, 2.05) is 6.07 Å². The van der Waals surface area contributed by atoms with Gasteiger partial charge in [0.05, 0.1) is 30.3 Å². The molecular formula is C20H21F2N7O2. The van der Waals surface area contributed by atoms with Crippen LogP contribution in [0.2, 0.25) is 0 Å². The first-order valence-corrected chi connectivity index (χ1v) is 9.62. The van der Waals surface area contributed by atoms with E-state index in [1.54, 1.807) is 6.07 Å². The second-order valence-electron chi connectivity index (χ2n) is 7.44. The molecule has 0 aliphatic heterocycles. The smallest absolute Gasteiger partial charge is 0.262 e. The summed E-state index contributed by atoms with van der Waals surface area (Å²) in [5.41, 5.74) is 1.23. The maximum absolute atomic E-state index is 12.9. The summed E-state index contributed by atoms with van der Waals surface area (Å²) in [5.74, 6) is -3.38. The minimum absolute atomic E-state index is 0.0329. The van der Waals surface area contributed by atoms with E-state index in [2.05, 4.69) is 30.9 Å². The number of aromatic nitrogens is 3. The van der Waals surface area contributed by atoms with Crippen LogP contribution in [0, 0.1) is 17.2 Å². The number of hydrogen-bond acceptors (Lipinski definition) is 7. The summed E-state index contributed by atoms with van der Waals surface area (Å²) in [6.07, 6.45) is 6.05. The molecule has 2 amide bonds. The van der Waals surface area contributed by atoms with Gasteiger partial charge in [-0.1, -0.05) is 0 Å². The van der Waals surface area contributed by atoms with Gasteiger partial charge in [-0.3, -0.25) is 14.6 Å². The van der Waals surface area contributed by atoms with Gasteiger partial charge in [0.25, 0.3) is 5.92 Å². The molecule has 0 saturated heterocycles. The van der Waals surface area contributed by atoms with Crippen molar-refractivity contribution in [3.05, 3.63) is 30.4 Å². The van der Waals surface area contributed by atoms with E-state index in [1.165, 1.54) is 25.5 Å². The third kappa shape index (κ3) is 6.15. The fourth-order valence-electron chi connectivity index (χ4n) is 2.61. The Bertz CT molecular complexity index is 1010. The Balaban J connectivity index is 1.71. The second-order valence-corrected chi connectivity index (χ2v) is 7.44.